The first kappa shape index (κ1) is 21.7. The van der Waals surface area contributed by atoms with Crippen molar-refractivity contribution in [3.8, 4) is 11.5 Å². The Kier molecular flexibility index (Phi) is 6.61. The number of amides is 1. The van der Waals surface area contributed by atoms with Gasteiger partial charge < -0.3 is 9.47 Å². The normalized spacial score (nSPS) is 16.1. The molecule has 1 aliphatic heterocycles. The summed E-state index contributed by atoms with van der Waals surface area (Å²) in [6.07, 6.45) is 1.85. The third-order valence-corrected chi connectivity index (χ3v) is 6.06. The third kappa shape index (κ3) is 4.86. The van der Waals surface area contributed by atoms with E-state index in [2.05, 4.69) is 0 Å². The van der Waals surface area contributed by atoms with Gasteiger partial charge in [-0.1, -0.05) is 48.0 Å². The Bertz CT molecular complexity index is 1170. The minimum atomic E-state index is -0.0809. The first-order valence-corrected chi connectivity index (χ1v) is 11.0. The van der Waals surface area contributed by atoms with E-state index in [1.165, 1.54) is 11.8 Å². The number of thioether (sulfide) groups is 1. The molecule has 3 aromatic rings. The van der Waals surface area contributed by atoms with Gasteiger partial charge in [0.1, 0.15) is 11.5 Å². The van der Waals surface area contributed by atoms with E-state index in [9.17, 15) is 4.79 Å². The van der Waals surface area contributed by atoms with Crippen molar-refractivity contribution in [2.75, 3.05) is 14.2 Å². The lowest BCUT2D eigenvalue weighted by molar-refractivity contribution is -0.122. The maximum Gasteiger partial charge on any atom is 0.267 e. The molecule has 0 unspecified atom stereocenters. The molecular weight excluding hydrogens is 420 g/mol. The quantitative estimate of drug-likeness (QED) is 0.450. The second kappa shape index (κ2) is 9.75. The Hall–Kier alpha value is -3.51. The fourth-order valence-corrected chi connectivity index (χ4v) is 4.29. The smallest absolute Gasteiger partial charge is 0.267 e. The van der Waals surface area contributed by atoms with Gasteiger partial charge in [-0.3, -0.25) is 9.69 Å². The first-order chi connectivity index (χ1) is 15.6. The maximum atomic E-state index is 13.4. The van der Waals surface area contributed by atoms with Gasteiger partial charge in [-0.05, 0) is 54.6 Å². The standard InChI is InChI=1S/C26H24N2O3S/c1-18-9-12-21(13-10-18)27-26-28(17-19-7-5-4-6-8-19)25(29)24(32-26)15-20-11-14-22(30-2)16-23(20)31-3/h4-16H,17H2,1-3H3/b24-15+,27-26?. The van der Waals surface area contributed by atoms with Gasteiger partial charge in [-0.15, -0.1) is 0 Å². The number of nitrogens with zero attached hydrogens (tertiary/aromatic N) is 2. The molecule has 1 amide bonds. The van der Waals surface area contributed by atoms with Crippen molar-refractivity contribution in [2.24, 2.45) is 4.99 Å². The summed E-state index contributed by atoms with van der Waals surface area (Å²) in [6.45, 7) is 2.49. The number of hydrogen-bond donors (Lipinski definition) is 0. The summed E-state index contributed by atoms with van der Waals surface area (Å²) in [5.41, 5.74) is 3.83. The minimum Gasteiger partial charge on any atom is -0.497 e. The lowest BCUT2D eigenvalue weighted by atomic mass is 10.1. The summed E-state index contributed by atoms with van der Waals surface area (Å²) in [5.74, 6) is 1.26. The van der Waals surface area contributed by atoms with Crippen LogP contribution in [0.1, 0.15) is 16.7 Å². The molecular formula is C26H24N2O3S. The van der Waals surface area contributed by atoms with E-state index in [1.807, 2.05) is 79.7 Å². The highest BCUT2D eigenvalue weighted by atomic mass is 32.2. The fraction of sp³-hybridized carbons (Fsp3) is 0.154. The van der Waals surface area contributed by atoms with Crippen molar-refractivity contribution in [3.63, 3.8) is 0 Å². The fourth-order valence-electron chi connectivity index (χ4n) is 3.31. The number of carbonyl (C=O) groups is 1. The maximum absolute atomic E-state index is 13.4. The molecule has 1 aliphatic rings. The average molecular weight is 445 g/mol. The number of aryl methyl sites for hydroxylation is 1. The van der Waals surface area contributed by atoms with Crippen LogP contribution in [0.2, 0.25) is 0 Å². The van der Waals surface area contributed by atoms with Crippen LogP contribution < -0.4 is 9.47 Å². The van der Waals surface area contributed by atoms with E-state index in [0.717, 1.165) is 22.4 Å². The molecule has 3 aromatic carbocycles. The molecule has 1 heterocycles. The SMILES string of the molecule is COc1ccc(/C=C2/SC(=Nc3ccc(C)cc3)N(Cc3ccccc3)C2=O)c(OC)c1. The number of amidine groups is 1. The predicted octanol–water partition coefficient (Wildman–Crippen LogP) is 5.82. The van der Waals surface area contributed by atoms with Crippen LogP contribution in [0.4, 0.5) is 5.69 Å². The predicted molar refractivity (Wildman–Crippen MR) is 130 cm³/mol. The first-order valence-electron chi connectivity index (χ1n) is 10.2. The summed E-state index contributed by atoms with van der Waals surface area (Å²) in [4.78, 5) is 20.5. The zero-order chi connectivity index (χ0) is 22.5. The molecule has 1 fully saturated rings. The molecule has 162 valence electrons. The van der Waals surface area contributed by atoms with Crippen LogP contribution in [0.25, 0.3) is 6.08 Å². The molecule has 4 rings (SSSR count). The lowest BCUT2D eigenvalue weighted by Gasteiger charge is -2.15. The van der Waals surface area contributed by atoms with Gasteiger partial charge in [0.05, 0.1) is 31.4 Å². The Morgan fingerprint density at radius 3 is 2.41 bits per heavy atom. The number of ether oxygens (including phenoxy) is 2. The average Bonchev–Trinajstić information content (AvgIpc) is 3.10. The highest BCUT2D eigenvalue weighted by Crippen LogP contribution is 2.37. The monoisotopic (exact) mass is 444 g/mol. The Morgan fingerprint density at radius 1 is 0.969 bits per heavy atom. The van der Waals surface area contributed by atoms with E-state index >= 15 is 0 Å². The lowest BCUT2D eigenvalue weighted by Crippen LogP contribution is -2.28. The molecule has 1 saturated heterocycles. The van der Waals surface area contributed by atoms with Gasteiger partial charge in [0.15, 0.2) is 5.17 Å². The molecule has 0 atom stereocenters. The second-order valence-corrected chi connectivity index (χ2v) is 8.33. The molecule has 0 spiro atoms. The summed E-state index contributed by atoms with van der Waals surface area (Å²) >= 11 is 1.37. The van der Waals surface area contributed by atoms with Gasteiger partial charge in [-0.25, -0.2) is 4.99 Å². The molecule has 0 radical (unpaired) electrons. The Balaban J connectivity index is 1.71. The molecule has 0 aromatic heterocycles. The number of hydrogen-bond acceptors (Lipinski definition) is 5. The highest BCUT2D eigenvalue weighted by Gasteiger charge is 2.33. The largest absolute Gasteiger partial charge is 0.497 e. The number of benzene rings is 3. The van der Waals surface area contributed by atoms with Gasteiger partial charge in [0.2, 0.25) is 0 Å². The van der Waals surface area contributed by atoms with E-state index in [-0.39, 0.29) is 5.91 Å². The van der Waals surface area contributed by atoms with Crippen molar-refractivity contribution in [1.82, 2.24) is 4.90 Å². The van der Waals surface area contributed by atoms with Crippen LogP contribution in [0, 0.1) is 6.92 Å². The summed E-state index contributed by atoms with van der Waals surface area (Å²) in [7, 11) is 3.21. The van der Waals surface area contributed by atoms with Crippen molar-refractivity contribution >= 4 is 34.6 Å². The van der Waals surface area contributed by atoms with Crippen LogP contribution >= 0.6 is 11.8 Å². The molecule has 0 bridgehead atoms. The summed E-state index contributed by atoms with van der Waals surface area (Å²) in [6, 6.07) is 23.4. The van der Waals surface area contributed by atoms with E-state index in [4.69, 9.17) is 14.5 Å². The molecule has 0 saturated carbocycles. The van der Waals surface area contributed by atoms with Gasteiger partial charge >= 0.3 is 0 Å². The molecule has 0 aliphatic carbocycles. The van der Waals surface area contributed by atoms with E-state index in [1.54, 1.807) is 25.2 Å². The zero-order valence-corrected chi connectivity index (χ0v) is 19.1. The molecule has 5 nitrogen and oxygen atoms in total. The number of methoxy groups -OCH3 is 2. The van der Waals surface area contributed by atoms with E-state index < -0.39 is 0 Å². The van der Waals surface area contributed by atoms with Crippen LogP contribution in [0.3, 0.4) is 0 Å². The van der Waals surface area contributed by atoms with Crippen LogP contribution in [0.15, 0.2) is 82.7 Å². The molecule has 32 heavy (non-hydrogen) atoms. The van der Waals surface area contributed by atoms with Crippen molar-refractivity contribution in [2.45, 2.75) is 13.5 Å². The van der Waals surface area contributed by atoms with Crippen LogP contribution in [0.5, 0.6) is 11.5 Å². The summed E-state index contributed by atoms with van der Waals surface area (Å²) < 4.78 is 10.8. The number of carbonyl (C=O) groups excluding carboxylic acids is 1. The van der Waals surface area contributed by atoms with E-state index in [0.29, 0.717) is 28.1 Å². The Labute approximate surface area is 192 Å². The molecule has 6 heteroatoms. The van der Waals surface area contributed by atoms with Gasteiger partial charge in [-0.2, -0.15) is 0 Å². The molecule has 0 N–H and O–H groups in total. The van der Waals surface area contributed by atoms with Crippen LogP contribution in [-0.2, 0) is 11.3 Å². The topological polar surface area (TPSA) is 51.1 Å². The van der Waals surface area contributed by atoms with Crippen molar-refractivity contribution in [3.05, 3.63) is 94.4 Å². The van der Waals surface area contributed by atoms with Gasteiger partial charge in [0.25, 0.3) is 5.91 Å². The van der Waals surface area contributed by atoms with Crippen molar-refractivity contribution in [1.29, 1.82) is 0 Å². The minimum absolute atomic E-state index is 0.0809. The van der Waals surface area contributed by atoms with Gasteiger partial charge in [0, 0.05) is 11.6 Å². The summed E-state index contributed by atoms with van der Waals surface area (Å²) in [5, 5.41) is 0.654. The third-order valence-electron chi connectivity index (χ3n) is 5.06. The van der Waals surface area contributed by atoms with Crippen LogP contribution in [-0.4, -0.2) is 30.2 Å². The zero-order valence-electron chi connectivity index (χ0n) is 18.2. The second-order valence-electron chi connectivity index (χ2n) is 7.33. The number of aliphatic imine (C=N–C) groups is 1. The Morgan fingerprint density at radius 2 is 1.72 bits per heavy atom. The highest BCUT2D eigenvalue weighted by molar-refractivity contribution is 8.18. The van der Waals surface area contributed by atoms with Crippen molar-refractivity contribution < 1.29 is 14.3 Å². The number of rotatable bonds is 6.